The molecule has 1 saturated heterocycles. The molecule has 0 radical (unpaired) electrons. The van der Waals surface area contributed by atoms with Crippen molar-refractivity contribution < 1.29 is 4.79 Å². The van der Waals surface area contributed by atoms with E-state index in [9.17, 15) is 4.79 Å². The monoisotopic (exact) mass is 279 g/mol. The number of amides is 1. The third kappa shape index (κ3) is 3.00. The zero-order valence-corrected chi connectivity index (χ0v) is 11.6. The average Bonchev–Trinajstić information content (AvgIpc) is 3.26. The van der Waals surface area contributed by atoms with Gasteiger partial charge in [-0.3, -0.25) is 4.79 Å². The van der Waals surface area contributed by atoms with Gasteiger partial charge in [0, 0.05) is 38.3 Å². The third-order valence-corrected chi connectivity index (χ3v) is 3.99. The highest BCUT2D eigenvalue weighted by Crippen LogP contribution is 2.31. The summed E-state index contributed by atoms with van der Waals surface area (Å²) in [5.41, 5.74) is 0. The van der Waals surface area contributed by atoms with Crippen LogP contribution in [-0.4, -0.2) is 42.0 Å². The van der Waals surface area contributed by atoms with Crippen molar-refractivity contribution >= 4 is 23.3 Å². The summed E-state index contributed by atoms with van der Waals surface area (Å²) in [7, 11) is 0. The Hall–Kier alpha value is -1.29. The van der Waals surface area contributed by atoms with Gasteiger partial charge in [0.15, 0.2) is 0 Å². The maximum Gasteiger partial charge on any atom is 0.225 e. The lowest BCUT2D eigenvalue weighted by atomic mass is 10.3. The zero-order chi connectivity index (χ0) is 13.2. The Morgan fingerprint density at radius 3 is 2.74 bits per heavy atom. The summed E-state index contributed by atoms with van der Waals surface area (Å²) in [6, 6.07) is 3.81. The van der Waals surface area contributed by atoms with Crippen molar-refractivity contribution in [1.29, 1.82) is 0 Å². The molecule has 1 aromatic heterocycles. The van der Waals surface area contributed by atoms with Crippen molar-refractivity contribution in [3.05, 3.63) is 23.4 Å². The minimum Gasteiger partial charge on any atom is -0.355 e. The fourth-order valence-electron chi connectivity index (χ4n) is 2.51. The van der Waals surface area contributed by atoms with Crippen molar-refractivity contribution in [3.8, 4) is 0 Å². The first-order chi connectivity index (χ1) is 9.24. The first-order valence-electron chi connectivity index (χ1n) is 6.89. The van der Waals surface area contributed by atoms with Crippen LogP contribution in [0.1, 0.15) is 19.3 Å². The Morgan fingerprint density at radius 2 is 2.05 bits per heavy atom. The fraction of sp³-hybridized carbons (Fsp3) is 0.571. The molecule has 4 nitrogen and oxygen atoms in total. The second-order valence-electron chi connectivity index (χ2n) is 5.27. The van der Waals surface area contributed by atoms with Crippen LogP contribution in [0.15, 0.2) is 18.3 Å². The lowest BCUT2D eigenvalue weighted by Crippen LogP contribution is -2.36. The van der Waals surface area contributed by atoms with Crippen molar-refractivity contribution in [2.45, 2.75) is 19.3 Å². The fourth-order valence-corrected chi connectivity index (χ4v) is 2.62. The van der Waals surface area contributed by atoms with Crippen molar-refractivity contribution in [2.75, 3.05) is 31.1 Å². The van der Waals surface area contributed by atoms with Gasteiger partial charge in [0.1, 0.15) is 5.82 Å². The molecule has 3 rings (SSSR count). The van der Waals surface area contributed by atoms with Crippen LogP contribution < -0.4 is 4.90 Å². The van der Waals surface area contributed by atoms with Crippen molar-refractivity contribution in [3.63, 3.8) is 0 Å². The molecule has 0 spiro atoms. The molecule has 2 heterocycles. The summed E-state index contributed by atoms with van der Waals surface area (Å²) >= 11 is 5.86. The highest BCUT2D eigenvalue weighted by Gasteiger charge is 2.33. The average molecular weight is 280 g/mol. The summed E-state index contributed by atoms with van der Waals surface area (Å²) in [4.78, 5) is 20.7. The number of pyridine rings is 1. The molecule has 1 aliphatic heterocycles. The maximum atomic E-state index is 12.1. The number of aromatic nitrogens is 1. The molecule has 1 amide bonds. The summed E-state index contributed by atoms with van der Waals surface area (Å²) in [6.07, 6.45) is 4.84. The van der Waals surface area contributed by atoms with Gasteiger partial charge >= 0.3 is 0 Å². The topological polar surface area (TPSA) is 36.4 Å². The highest BCUT2D eigenvalue weighted by molar-refractivity contribution is 6.30. The highest BCUT2D eigenvalue weighted by atomic mass is 35.5. The van der Waals surface area contributed by atoms with E-state index in [0.717, 1.165) is 51.3 Å². The molecule has 0 bridgehead atoms. The molecule has 19 heavy (non-hydrogen) atoms. The molecule has 5 heteroatoms. The van der Waals surface area contributed by atoms with Crippen LogP contribution in [0.5, 0.6) is 0 Å². The standard InChI is InChI=1S/C14H18ClN3O/c15-12-4-5-13(16-10-12)17-6-1-7-18(9-8-17)14(19)11-2-3-11/h4-5,10-11H,1-3,6-9H2. The first kappa shape index (κ1) is 12.7. The number of carbonyl (C=O) groups excluding carboxylic acids is 1. The molecule has 1 saturated carbocycles. The van der Waals surface area contributed by atoms with Crippen LogP contribution >= 0.6 is 11.6 Å². The number of rotatable bonds is 2. The Bertz CT molecular complexity index is 458. The van der Waals surface area contributed by atoms with Crippen molar-refractivity contribution in [1.82, 2.24) is 9.88 Å². The molecular weight excluding hydrogens is 262 g/mol. The molecule has 102 valence electrons. The normalized spacial score (nSPS) is 20.3. The van der Waals surface area contributed by atoms with Gasteiger partial charge in [-0.2, -0.15) is 0 Å². The Morgan fingerprint density at radius 1 is 1.21 bits per heavy atom. The van der Waals surface area contributed by atoms with E-state index in [1.165, 1.54) is 0 Å². The van der Waals surface area contributed by atoms with E-state index in [1.807, 2.05) is 17.0 Å². The van der Waals surface area contributed by atoms with Gasteiger partial charge in [-0.1, -0.05) is 11.6 Å². The molecular formula is C14H18ClN3O. The van der Waals surface area contributed by atoms with Gasteiger partial charge < -0.3 is 9.80 Å². The van der Waals surface area contributed by atoms with E-state index in [-0.39, 0.29) is 0 Å². The summed E-state index contributed by atoms with van der Waals surface area (Å²) < 4.78 is 0. The van der Waals surface area contributed by atoms with Gasteiger partial charge in [-0.05, 0) is 31.4 Å². The minimum atomic E-state index is 0.320. The molecule has 1 aromatic rings. The molecule has 2 aliphatic rings. The van der Waals surface area contributed by atoms with Crippen LogP contribution in [0.3, 0.4) is 0 Å². The molecule has 1 aliphatic carbocycles. The molecule has 0 N–H and O–H groups in total. The molecule has 0 aromatic carbocycles. The number of anilines is 1. The number of hydrogen-bond acceptors (Lipinski definition) is 3. The molecule has 2 fully saturated rings. The zero-order valence-electron chi connectivity index (χ0n) is 10.9. The Kier molecular flexibility index (Phi) is 3.60. The summed E-state index contributed by atoms with van der Waals surface area (Å²) in [6.45, 7) is 3.48. The van der Waals surface area contributed by atoms with E-state index in [2.05, 4.69) is 9.88 Å². The van der Waals surface area contributed by atoms with E-state index >= 15 is 0 Å². The predicted octanol–water partition coefficient (Wildman–Crippen LogP) is 2.18. The quantitative estimate of drug-likeness (QED) is 0.833. The lowest BCUT2D eigenvalue weighted by molar-refractivity contribution is -0.132. The van der Waals surface area contributed by atoms with Gasteiger partial charge in [-0.15, -0.1) is 0 Å². The number of carbonyl (C=O) groups is 1. The SMILES string of the molecule is O=C(C1CC1)N1CCCN(c2ccc(Cl)cn2)CC1. The Labute approximate surface area is 118 Å². The second-order valence-corrected chi connectivity index (χ2v) is 5.71. The third-order valence-electron chi connectivity index (χ3n) is 3.77. The minimum absolute atomic E-state index is 0.320. The van der Waals surface area contributed by atoms with Crippen LogP contribution in [0, 0.1) is 5.92 Å². The molecule has 0 unspecified atom stereocenters. The largest absolute Gasteiger partial charge is 0.355 e. The van der Waals surface area contributed by atoms with E-state index in [4.69, 9.17) is 11.6 Å². The van der Waals surface area contributed by atoms with Gasteiger partial charge in [0.2, 0.25) is 5.91 Å². The summed E-state index contributed by atoms with van der Waals surface area (Å²) in [5.74, 6) is 1.62. The summed E-state index contributed by atoms with van der Waals surface area (Å²) in [5, 5.41) is 0.657. The van der Waals surface area contributed by atoms with Crippen LogP contribution in [0.25, 0.3) is 0 Å². The van der Waals surface area contributed by atoms with Gasteiger partial charge in [0.05, 0.1) is 5.02 Å². The van der Waals surface area contributed by atoms with Crippen LogP contribution in [0.2, 0.25) is 5.02 Å². The number of halogens is 1. The van der Waals surface area contributed by atoms with Gasteiger partial charge in [0.25, 0.3) is 0 Å². The van der Waals surface area contributed by atoms with Crippen molar-refractivity contribution in [2.24, 2.45) is 5.92 Å². The lowest BCUT2D eigenvalue weighted by Gasteiger charge is -2.22. The van der Waals surface area contributed by atoms with Crippen LogP contribution in [0.4, 0.5) is 5.82 Å². The molecule has 0 atom stereocenters. The number of nitrogens with zero attached hydrogens (tertiary/aromatic N) is 3. The maximum absolute atomic E-state index is 12.1. The second kappa shape index (κ2) is 5.37. The van der Waals surface area contributed by atoms with E-state index < -0.39 is 0 Å². The number of hydrogen-bond donors (Lipinski definition) is 0. The predicted molar refractivity (Wildman–Crippen MR) is 75.4 cm³/mol. The van der Waals surface area contributed by atoms with Gasteiger partial charge in [-0.25, -0.2) is 4.98 Å². The van der Waals surface area contributed by atoms with Crippen LogP contribution in [-0.2, 0) is 4.79 Å². The first-order valence-corrected chi connectivity index (χ1v) is 7.27. The van der Waals surface area contributed by atoms with E-state index in [1.54, 1.807) is 6.20 Å². The van der Waals surface area contributed by atoms with E-state index in [0.29, 0.717) is 16.8 Å². The Balaban J connectivity index is 1.63. The smallest absolute Gasteiger partial charge is 0.225 e.